The zero-order valence-corrected chi connectivity index (χ0v) is 13.2. The van der Waals surface area contributed by atoms with Crippen molar-refractivity contribution in [1.82, 2.24) is 0 Å². The zero-order chi connectivity index (χ0) is 16.2. The van der Waals surface area contributed by atoms with Gasteiger partial charge in [-0.3, -0.25) is 0 Å². The van der Waals surface area contributed by atoms with Gasteiger partial charge in [-0.05, 0) is 18.9 Å². The van der Waals surface area contributed by atoms with Gasteiger partial charge in [0.1, 0.15) is 6.61 Å². The summed E-state index contributed by atoms with van der Waals surface area (Å²) in [6.45, 7) is 4.36. The minimum Gasteiger partial charge on any atom is -0.463 e. The van der Waals surface area contributed by atoms with Crippen LogP contribution in [0.1, 0.15) is 32.3 Å². The molecule has 0 aromatic heterocycles. The summed E-state index contributed by atoms with van der Waals surface area (Å²) in [7, 11) is 0. The van der Waals surface area contributed by atoms with E-state index >= 15 is 0 Å². The monoisotopic (exact) mass is 308 g/mol. The highest BCUT2D eigenvalue weighted by molar-refractivity contribution is 5.80. The van der Waals surface area contributed by atoms with Crippen LogP contribution in [-0.4, -0.2) is 37.9 Å². The number of esters is 2. The lowest BCUT2D eigenvalue weighted by Crippen LogP contribution is -2.32. The Morgan fingerprint density at radius 3 is 2.50 bits per heavy atom. The lowest BCUT2D eigenvalue weighted by atomic mass is 10.1. The second-order valence-corrected chi connectivity index (χ2v) is 4.83. The lowest BCUT2D eigenvalue weighted by Gasteiger charge is -2.16. The van der Waals surface area contributed by atoms with Crippen LogP contribution in [0, 0.1) is 0 Å². The molecule has 0 fully saturated rings. The zero-order valence-electron chi connectivity index (χ0n) is 13.2. The normalized spacial score (nSPS) is 11.7. The molecule has 0 saturated heterocycles. The van der Waals surface area contributed by atoms with Crippen molar-refractivity contribution in [3.63, 3.8) is 0 Å². The summed E-state index contributed by atoms with van der Waals surface area (Å²) >= 11 is 0. The van der Waals surface area contributed by atoms with Gasteiger partial charge < -0.3 is 14.2 Å². The first kappa shape index (κ1) is 18.2. The second kappa shape index (κ2) is 10.8. The standard InChI is InChI=1S/C17H24O5/c1-3-5-11-20-13-16(18)22-15(17(19)21-4-2)12-14-9-7-6-8-10-14/h6-10,15H,3-5,11-13H2,1-2H3. The number of rotatable bonds is 10. The van der Waals surface area contributed by atoms with Crippen LogP contribution in [-0.2, 0) is 30.2 Å². The summed E-state index contributed by atoms with van der Waals surface area (Å²) in [5, 5.41) is 0. The fourth-order valence-corrected chi connectivity index (χ4v) is 1.83. The number of hydrogen-bond acceptors (Lipinski definition) is 5. The van der Waals surface area contributed by atoms with Crippen molar-refractivity contribution >= 4 is 11.9 Å². The van der Waals surface area contributed by atoms with Crippen LogP contribution in [0.15, 0.2) is 30.3 Å². The Morgan fingerprint density at radius 1 is 1.14 bits per heavy atom. The highest BCUT2D eigenvalue weighted by Gasteiger charge is 2.24. The van der Waals surface area contributed by atoms with Gasteiger partial charge >= 0.3 is 11.9 Å². The van der Waals surface area contributed by atoms with Crippen LogP contribution >= 0.6 is 0 Å². The summed E-state index contributed by atoms with van der Waals surface area (Å²) in [5.74, 6) is -1.08. The third-order valence-corrected chi connectivity index (χ3v) is 2.95. The predicted molar refractivity (Wildman–Crippen MR) is 82.4 cm³/mol. The van der Waals surface area contributed by atoms with Crippen molar-refractivity contribution < 1.29 is 23.8 Å². The van der Waals surface area contributed by atoms with E-state index in [1.54, 1.807) is 6.92 Å². The molecule has 5 nitrogen and oxygen atoms in total. The molecule has 5 heteroatoms. The van der Waals surface area contributed by atoms with E-state index < -0.39 is 18.0 Å². The first-order valence-electron chi connectivity index (χ1n) is 7.65. The van der Waals surface area contributed by atoms with Crippen LogP contribution in [0.5, 0.6) is 0 Å². The second-order valence-electron chi connectivity index (χ2n) is 4.83. The van der Waals surface area contributed by atoms with Gasteiger partial charge in [0.05, 0.1) is 6.61 Å². The molecule has 0 saturated carbocycles. The van der Waals surface area contributed by atoms with E-state index in [-0.39, 0.29) is 13.2 Å². The molecule has 0 amide bonds. The van der Waals surface area contributed by atoms with Crippen molar-refractivity contribution in [3.8, 4) is 0 Å². The molecule has 22 heavy (non-hydrogen) atoms. The summed E-state index contributed by atoms with van der Waals surface area (Å²) in [6.07, 6.45) is 1.23. The number of unbranched alkanes of at least 4 members (excludes halogenated alkanes) is 1. The van der Waals surface area contributed by atoms with Gasteiger partial charge in [-0.1, -0.05) is 43.7 Å². The maximum atomic E-state index is 11.9. The van der Waals surface area contributed by atoms with E-state index in [1.165, 1.54) is 0 Å². The average molecular weight is 308 g/mol. The Kier molecular flexibility index (Phi) is 8.91. The topological polar surface area (TPSA) is 61.8 Å². The fourth-order valence-electron chi connectivity index (χ4n) is 1.83. The van der Waals surface area contributed by atoms with Crippen LogP contribution in [0.3, 0.4) is 0 Å². The van der Waals surface area contributed by atoms with Crippen LogP contribution in [0.25, 0.3) is 0 Å². The minimum atomic E-state index is -0.940. The summed E-state index contributed by atoms with van der Waals surface area (Å²) in [6, 6.07) is 9.37. The Bertz CT molecular complexity index is 444. The van der Waals surface area contributed by atoms with Crippen molar-refractivity contribution in [3.05, 3.63) is 35.9 Å². The molecule has 1 atom stereocenters. The fraction of sp³-hybridized carbons (Fsp3) is 0.529. The van der Waals surface area contributed by atoms with Crippen molar-refractivity contribution in [2.24, 2.45) is 0 Å². The van der Waals surface area contributed by atoms with Gasteiger partial charge in [0.15, 0.2) is 0 Å². The molecule has 1 aromatic rings. The molecule has 1 aromatic carbocycles. The molecule has 0 bridgehead atoms. The van der Waals surface area contributed by atoms with E-state index in [0.29, 0.717) is 13.0 Å². The molecule has 0 aliphatic carbocycles. The van der Waals surface area contributed by atoms with Gasteiger partial charge in [-0.2, -0.15) is 0 Å². The van der Waals surface area contributed by atoms with Gasteiger partial charge in [0.25, 0.3) is 0 Å². The molecule has 0 spiro atoms. The summed E-state index contributed by atoms with van der Waals surface area (Å²) in [5.41, 5.74) is 0.903. The van der Waals surface area contributed by atoms with Gasteiger partial charge in [0.2, 0.25) is 6.10 Å². The van der Waals surface area contributed by atoms with Crippen LogP contribution < -0.4 is 0 Å². The van der Waals surface area contributed by atoms with Crippen molar-refractivity contribution in [1.29, 1.82) is 0 Å². The third-order valence-electron chi connectivity index (χ3n) is 2.95. The Morgan fingerprint density at radius 2 is 1.86 bits per heavy atom. The molecule has 0 aliphatic heterocycles. The first-order valence-corrected chi connectivity index (χ1v) is 7.65. The molecule has 1 rings (SSSR count). The molecule has 122 valence electrons. The van der Waals surface area contributed by atoms with E-state index in [9.17, 15) is 9.59 Å². The quantitative estimate of drug-likeness (QED) is 0.491. The number of hydrogen-bond donors (Lipinski definition) is 0. The predicted octanol–water partition coefficient (Wildman–Crippen LogP) is 2.52. The van der Waals surface area contributed by atoms with Gasteiger partial charge in [-0.25, -0.2) is 9.59 Å². The van der Waals surface area contributed by atoms with E-state index in [1.807, 2.05) is 37.3 Å². The maximum Gasteiger partial charge on any atom is 0.347 e. The Labute approximate surface area is 131 Å². The SMILES string of the molecule is CCCCOCC(=O)OC(Cc1ccccc1)C(=O)OCC. The summed E-state index contributed by atoms with van der Waals surface area (Å²) in [4.78, 5) is 23.7. The molecule has 1 unspecified atom stereocenters. The van der Waals surface area contributed by atoms with Gasteiger partial charge in [-0.15, -0.1) is 0 Å². The molecule has 0 radical (unpaired) electrons. The van der Waals surface area contributed by atoms with E-state index in [4.69, 9.17) is 14.2 Å². The van der Waals surface area contributed by atoms with Crippen molar-refractivity contribution in [2.45, 2.75) is 39.2 Å². The highest BCUT2D eigenvalue weighted by Crippen LogP contribution is 2.08. The number of ether oxygens (including phenoxy) is 3. The molecular formula is C17H24O5. The Hall–Kier alpha value is -1.88. The van der Waals surface area contributed by atoms with E-state index in [2.05, 4.69) is 0 Å². The largest absolute Gasteiger partial charge is 0.463 e. The van der Waals surface area contributed by atoms with E-state index in [0.717, 1.165) is 18.4 Å². The molecule has 0 N–H and O–H groups in total. The molecule has 0 heterocycles. The number of carbonyl (C=O) groups excluding carboxylic acids is 2. The maximum absolute atomic E-state index is 11.9. The summed E-state index contributed by atoms with van der Waals surface area (Å²) < 4.78 is 15.4. The van der Waals surface area contributed by atoms with Crippen LogP contribution in [0.4, 0.5) is 0 Å². The minimum absolute atomic E-state index is 0.148. The highest BCUT2D eigenvalue weighted by atomic mass is 16.6. The smallest absolute Gasteiger partial charge is 0.347 e. The molecular weight excluding hydrogens is 284 g/mol. The lowest BCUT2D eigenvalue weighted by molar-refractivity contribution is -0.170. The van der Waals surface area contributed by atoms with Crippen LogP contribution in [0.2, 0.25) is 0 Å². The third kappa shape index (κ3) is 7.22. The van der Waals surface area contributed by atoms with Gasteiger partial charge in [0, 0.05) is 13.0 Å². The average Bonchev–Trinajstić information content (AvgIpc) is 2.52. The van der Waals surface area contributed by atoms with Crippen molar-refractivity contribution in [2.75, 3.05) is 19.8 Å². The first-order chi connectivity index (χ1) is 10.7. The molecule has 0 aliphatic rings. The Balaban J connectivity index is 2.54. The number of benzene rings is 1. The number of carbonyl (C=O) groups is 2.